The maximum absolute atomic E-state index is 13.3. The predicted octanol–water partition coefficient (Wildman–Crippen LogP) is 1.41. The van der Waals surface area contributed by atoms with Crippen molar-refractivity contribution in [2.45, 2.75) is 24.8 Å². The number of rotatable bonds is 5. The van der Waals surface area contributed by atoms with Crippen LogP contribution in [0.4, 0.5) is 4.39 Å². The van der Waals surface area contributed by atoms with E-state index in [0.29, 0.717) is 13.0 Å². The number of benzene rings is 1. The van der Waals surface area contributed by atoms with Gasteiger partial charge in [-0.3, -0.25) is 14.3 Å². The fraction of sp³-hybridized carbons (Fsp3) is 0.500. The zero-order valence-electron chi connectivity index (χ0n) is 11.6. The highest BCUT2D eigenvalue weighted by molar-refractivity contribution is 7.84. The summed E-state index contributed by atoms with van der Waals surface area (Å²) in [6.45, 7) is 2.68. The quantitative estimate of drug-likeness (QED) is 0.894. The van der Waals surface area contributed by atoms with E-state index in [2.05, 4.69) is 5.32 Å². The lowest BCUT2D eigenvalue weighted by molar-refractivity contribution is -0.128. The molecule has 0 spiro atoms. The molecule has 20 heavy (non-hydrogen) atoms. The van der Waals surface area contributed by atoms with E-state index >= 15 is 0 Å². The third-order valence-corrected chi connectivity index (χ3v) is 4.96. The highest BCUT2D eigenvalue weighted by Gasteiger charge is 2.31. The first-order valence-electron chi connectivity index (χ1n) is 6.59. The molecule has 0 aliphatic carbocycles. The number of carbonyl (C=O) groups excluding carboxylic acids is 1. The van der Waals surface area contributed by atoms with Crippen LogP contribution in [0.2, 0.25) is 0 Å². The number of hydrogen-bond donors (Lipinski definition) is 1. The Morgan fingerprint density at radius 3 is 2.95 bits per heavy atom. The largest absolute Gasteiger partial charge is 0.322 e. The standard InChI is InChI=1S/C14H19FN2O2S/c1-10(20(2)19)6-7-17-13(18)9-16-14(17)11-4-3-5-12(15)8-11/h3-5,8,10,14,16H,6-7,9H2,1-2H3. The summed E-state index contributed by atoms with van der Waals surface area (Å²) in [7, 11) is -0.899. The number of amides is 1. The smallest absolute Gasteiger partial charge is 0.238 e. The van der Waals surface area contributed by atoms with Crippen LogP contribution in [0.1, 0.15) is 25.1 Å². The van der Waals surface area contributed by atoms with Crippen molar-refractivity contribution in [3.8, 4) is 0 Å². The molecule has 1 amide bonds. The van der Waals surface area contributed by atoms with Crippen LogP contribution in [0.3, 0.4) is 0 Å². The van der Waals surface area contributed by atoms with E-state index in [-0.39, 0.29) is 29.7 Å². The van der Waals surface area contributed by atoms with Crippen molar-refractivity contribution < 1.29 is 13.4 Å². The molecule has 4 nitrogen and oxygen atoms in total. The Balaban J connectivity index is 2.09. The van der Waals surface area contributed by atoms with Gasteiger partial charge in [0.25, 0.3) is 0 Å². The molecule has 1 aliphatic heterocycles. The third kappa shape index (κ3) is 3.43. The molecule has 2 rings (SSSR count). The van der Waals surface area contributed by atoms with E-state index in [1.54, 1.807) is 23.3 Å². The van der Waals surface area contributed by atoms with Crippen molar-refractivity contribution in [1.82, 2.24) is 10.2 Å². The van der Waals surface area contributed by atoms with E-state index < -0.39 is 10.8 Å². The first kappa shape index (κ1) is 15.1. The molecule has 0 aromatic heterocycles. The number of nitrogens with one attached hydrogen (secondary N) is 1. The molecule has 1 fully saturated rings. The van der Waals surface area contributed by atoms with Crippen molar-refractivity contribution in [1.29, 1.82) is 0 Å². The Morgan fingerprint density at radius 2 is 2.30 bits per heavy atom. The van der Waals surface area contributed by atoms with Crippen LogP contribution in [0, 0.1) is 5.82 Å². The summed E-state index contributed by atoms with van der Waals surface area (Å²) < 4.78 is 24.7. The minimum absolute atomic E-state index is 0.00616. The van der Waals surface area contributed by atoms with Crippen LogP contribution in [0.25, 0.3) is 0 Å². The van der Waals surface area contributed by atoms with Crippen LogP contribution < -0.4 is 5.32 Å². The third-order valence-electron chi connectivity index (χ3n) is 3.59. The van der Waals surface area contributed by atoms with Gasteiger partial charge in [-0.05, 0) is 24.1 Å². The first-order valence-corrected chi connectivity index (χ1v) is 8.21. The van der Waals surface area contributed by atoms with Crippen LogP contribution in [0.5, 0.6) is 0 Å². The molecule has 0 radical (unpaired) electrons. The Morgan fingerprint density at radius 1 is 1.55 bits per heavy atom. The van der Waals surface area contributed by atoms with Gasteiger partial charge in [0.1, 0.15) is 12.0 Å². The average molecular weight is 298 g/mol. The summed E-state index contributed by atoms with van der Waals surface area (Å²) in [5.74, 6) is -0.319. The fourth-order valence-corrected chi connectivity index (χ4v) is 2.69. The minimum Gasteiger partial charge on any atom is -0.322 e. The normalized spacial score (nSPS) is 22.1. The van der Waals surface area contributed by atoms with Gasteiger partial charge < -0.3 is 4.90 Å². The summed E-state index contributed by atoms with van der Waals surface area (Å²) in [6, 6.07) is 6.25. The van der Waals surface area contributed by atoms with Gasteiger partial charge in [-0.15, -0.1) is 0 Å². The number of halogens is 1. The summed E-state index contributed by atoms with van der Waals surface area (Å²) in [6.07, 6.45) is 2.04. The lowest BCUT2D eigenvalue weighted by Crippen LogP contribution is -2.33. The van der Waals surface area contributed by atoms with Gasteiger partial charge >= 0.3 is 0 Å². The summed E-state index contributed by atoms with van der Waals surface area (Å²) in [5.41, 5.74) is 0.737. The monoisotopic (exact) mass is 298 g/mol. The van der Waals surface area contributed by atoms with Crippen molar-refractivity contribution >= 4 is 16.7 Å². The van der Waals surface area contributed by atoms with Gasteiger partial charge in [-0.2, -0.15) is 0 Å². The van der Waals surface area contributed by atoms with Crippen molar-refractivity contribution in [2.75, 3.05) is 19.3 Å². The highest BCUT2D eigenvalue weighted by Crippen LogP contribution is 2.23. The predicted molar refractivity (Wildman–Crippen MR) is 77.0 cm³/mol. The van der Waals surface area contributed by atoms with Gasteiger partial charge in [0.05, 0.1) is 6.54 Å². The Labute approximate surface area is 120 Å². The maximum atomic E-state index is 13.3. The minimum atomic E-state index is -0.899. The number of carbonyl (C=O) groups is 1. The number of hydrogen-bond acceptors (Lipinski definition) is 3. The summed E-state index contributed by atoms with van der Waals surface area (Å²) in [5, 5.41) is 3.13. The van der Waals surface area contributed by atoms with E-state index in [0.717, 1.165) is 5.56 Å². The zero-order valence-corrected chi connectivity index (χ0v) is 12.5. The van der Waals surface area contributed by atoms with E-state index in [1.165, 1.54) is 12.1 Å². The summed E-state index contributed by atoms with van der Waals surface area (Å²) in [4.78, 5) is 13.6. The molecule has 3 atom stereocenters. The molecule has 1 N–H and O–H groups in total. The molecule has 1 saturated heterocycles. The maximum Gasteiger partial charge on any atom is 0.238 e. The molecular formula is C14H19FN2O2S. The second-order valence-electron chi connectivity index (χ2n) is 5.02. The van der Waals surface area contributed by atoms with Gasteiger partial charge in [-0.1, -0.05) is 19.1 Å². The molecule has 0 bridgehead atoms. The van der Waals surface area contributed by atoms with Crippen LogP contribution in [0.15, 0.2) is 24.3 Å². The van der Waals surface area contributed by atoms with Gasteiger partial charge in [-0.25, -0.2) is 4.39 Å². The second kappa shape index (κ2) is 6.45. The van der Waals surface area contributed by atoms with Gasteiger partial charge in [0.15, 0.2) is 0 Å². The molecule has 1 aromatic rings. The molecule has 110 valence electrons. The van der Waals surface area contributed by atoms with Crippen molar-refractivity contribution in [3.05, 3.63) is 35.6 Å². The molecule has 0 saturated carbocycles. The average Bonchev–Trinajstić information content (AvgIpc) is 2.77. The van der Waals surface area contributed by atoms with Crippen LogP contribution in [-0.4, -0.2) is 39.6 Å². The molecule has 3 unspecified atom stereocenters. The number of nitrogens with zero attached hydrogens (tertiary/aromatic N) is 1. The fourth-order valence-electron chi connectivity index (χ4n) is 2.25. The lowest BCUT2D eigenvalue weighted by atomic mass is 10.1. The molecule has 1 aliphatic rings. The van der Waals surface area contributed by atoms with Crippen LogP contribution in [-0.2, 0) is 15.6 Å². The molecule has 6 heteroatoms. The Bertz CT molecular complexity index is 524. The SMILES string of the molecule is CC(CCN1C(=O)CNC1c1cccc(F)c1)S(C)=O. The Kier molecular flexibility index (Phi) is 4.88. The topological polar surface area (TPSA) is 49.4 Å². The van der Waals surface area contributed by atoms with Crippen LogP contribution >= 0.6 is 0 Å². The molecular weight excluding hydrogens is 279 g/mol. The van der Waals surface area contributed by atoms with Crippen molar-refractivity contribution in [2.24, 2.45) is 0 Å². The van der Waals surface area contributed by atoms with Gasteiger partial charge in [0.2, 0.25) is 5.91 Å². The lowest BCUT2D eigenvalue weighted by Gasteiger charge is -2.25. The molecule has 1 aromatic carbocycles. The van der Waals surface area contributed by atoms with E-state index in [4.69, 9.17) is 0 Å². The second-order valence-corrected chi connectivity index (χ2v) is 6.83. The first-order chi connectivity index (χ1) is 9.49. The van der Waals surface area contributed by atoms with Gasteiger partial charge in [0, 0.05) is 28.9 Å². The highest BCUT2D eigenvalue weighted by atomic mass is 32.2. The summed E-state index contributed by atoms with van der Waals surface area (Å²) >= 11 is 0. The van der Waals surface area contributed by atoms with E-state index in [1.807, 2.05) is 6.92 Å². The molecule has 1 heterocycles. The Hall–Kier alpha value is -1.27. The van der Waals surface area contributed by atoms with Crippen molar-refractivity contribution in [3.63, 3.8) is 0 Å². The zero-order chi connectivity index (χ0) is 14.7. The van der Waals surface area contributed by atoms with E-state index in [9.17, 15) is 13.4 Å².